The molecule has 198 valence electrons. The number of alkyl halides is 2. The minimum absolute atomic E-state index is 0.204. The SMILES string of the molecule is O=C(C=CC(F)(F)CCCCN1CCOCC1)Nc1cc2c(Nc3cc4ccccc4[nH]3)ncnc2cn1. The first-order valence-corrected chi connectivity index (χ1v) is 12.6. The van der Waals surface area contributed by atoms with Gasteiger partial charge in [0.2, 0.25) is 5.91 Å². The number of ether oxygens (including phenoxy) is 1. The van der Waals surface area contributed by atoms with Crippen LogP contribution in [-0.4, -0.2) is 69.5 Å². The Balaban J connectivity index is 1.19. The van der Waals surface area contributed by atoms with Crippen LogP contribution in [0.3, 0.4) is 0 Å². The van der Waals surface area contributed by atoms with Crippen molar-refractivity contribution in [1.29, 1.82) is 0 Å². The summed E-state index contributed by atoms with van der Waals surface area (Å²) in [4.78, 5) is 30.6. The number of para-hydroxylation sites is 1. The summed E-state index contributed by atoms with van der Waals surface area (Å²) >= 11 is 0. The molecule has 0 aliphatic carbocycles. The van der Waals surface area contributed by atoms with Crippen molar-refractivity contribution in [2.24, 2.45) is 0 Å². The molecule has 1 saturated heterocycles. The van der Waals surface area contributed by atoms with Gasteiger partial charge in [-0.3, -0.25) is 9.69 Å². The molecule has 4 heterocycles. The van der Waals surface area contributed by atoms with E-state index >= 15 is 0 Å². The van der Waals surface area contributed by atoms with Crippen LogP contribution < -0.4 is 10.6 Å². The highest BCUT2D eigenvalue weighted by Gasteiger charge is 2.25. The van der Waals surface area contributed by atoms with Gasteiger partial charge in [-0.25, -0.2) is 23.7 Å². The topological polar surface area (TPSA) is 108 Å². The van der Waals surface area contributed by atoms with E-state index in [0.717, 1.165) is 42.4 Å². The van der Waals surface area contributed by atoms with Crippen LogP contribution in [0.5, 0.6) is 0 Å². The third kappa shape index (κ3) is 6.67. The van der Waals surface area contributed by atoms with Gasteiger partial charge in [-0.15, -0.1) is 0 Å². The van der Waals surface area contributed by atoms with Crippen molar-refractivity contribution in [1.82, 2.24) is 24.8 Å². The zero-order valence-electron chi connectivity index (χ0n) is 20.8. The third-order valence-electron chi connectivity index (χ3n) is 6.37. The normalized spacial score (nSPS) is 14.9. The first-order chi connectivity index (χ1) is 18.4. The van der Waals surface area contributed by atoms with E-state index in [1.165, 1.54) is 12.5 Å². The largest absolute Gasteiger partial charge is 0.379 e. The van der Waals surface area contributed by atoms with Crippen LogP contribution in [0.15, 0.2) is 61.1 Å². The Kier molecular flexibility index (Phi) is 7.85. The van der Waals surface area contributed by atoms with Crippen LogP contribution in [-0.2, 0) is 9.53 Å². The highest BCUT2D eigenvalue weighted by Crippen LogP contribution is 2.27. The van der Waals surface area contributed by atoms with Crippen LogP contribution in [0.2, 0.25) is 0 Å². The fourth-order valence-electron chi connectivity index (χ4n) is 4.36. The number of morpholine rings is 1. The summed E-state index contributed by atoms with van der Waals surface area (Å²) in [6.45, 7) is 3.83. The van der Waals surface area contributed by atoms with Gasteiger partial charge in [-0.05, 0) is 43.7 Å². The van der Waals surface area contributed by atoms with Crippen molar-refractivity contribution in [3.63, 3.8) is 0 Å². The molecule has 1 aliphatic heterocycles. The summed E-state index contributed by atoms with van der Waals surface area (Å²) in [5.41, 5.74) is 1.54. The summed E-state index contributed by atoms with van der Waals surface area (Å²) in [5.74, 6) is -2.30. The summed E-state index contributed by atoms with van der Waals surface area (Å²) in [6.07, 6.45) is 5.16. The predicted molar refractivity (Wildman–Crippen MR) is 143 cm³/mol. The van der Waals surface area contributed by atoms with Gasteiger partial charge in [0.1, 0.15) is 23.8 Å². The summed E-state index contributed by atoms with van der Waals surface area (Å²) in [7, 11) is 0. The molecule has 3 N–H and O–H groups in total. The molecule has 5 rings (SSSR count). The summed E-state index contributed by atoms with van der Waals surface area (Å²) < 4.78 is 33.9. The average molecular weight is 522 g/mol. The number of unbranched alkanes of at least 4 members (excludes halogenated alkanes) is 1. The summed E-state index contributed by atoms with van der Waals surface area (Å²) in [6, 6.07) is 11.4. The number of carbonyl (C=O) groups is 1. The van der Waals surface area contributed by atoms with E-state index in [2.05, 4.69) is 35.5 Å². The zero-order valence-corrected chi connectivity index (χ0v) is 20.8. The molecule has 1 aromatic carbocycles. The van der Waals surface area contributed by atoms with Crippen molar-refractivity contribution >= 4 is 45.2 Å². The monoisotopic (exact) mass is 521 g/mol. The quantitative estimate of drug-likeness (QED) is 0.202. The Morgan fingerprint density at radius 1 is 1.13 bits per heavy atom. The van der Waals surface area contributed by atoms with E-state index in [1.54, 1.807) is 6.07 Å². The second-order valence-corrected chi connectivity index (χ2v) is 9.20. The number of carbonyl (C=O) groups excluding carboxylic acids is 1. The van der Waals surface area contributed by atoms with E-state index < -0.39 is 11.8 Å². The van der Waals surface area contributed by atoms with Crippen LogP contribution in [0.1, 0.15) is 19.3 Å². The molecule has 0 unspecified atom stereocenters. The standard InChI is InChI=1S/C27H29F2N7O2/c28-27(29,8-3-4-10-36-11-13-38-14-12-36)9-7-25(37)34-23-16-20-22(17-30-23)31-18-32-26(20)35-24-15-19-5-1-2-6-21(19)33-24/h1-2,5-7,9,15-18,33H,3-4,8,10-14H2,(H,30,34,37)(H,31,32,35). The van der Waals surface area contributed by atoms with Gasteiger partial charge in [0.25, 0.3) is 5.92 Å². The molecule has 0 bridgehead atoms. The first-order valence-electron chi connectivity index (χ1n) is 12.6. The Hall–Kier alpha value is -3.96. The third-order valence-corrected chi connectivity index (χ3v) is 6.37. The lowest BCUT2D eigenvalue weighted by atomic mass is 10.1. The van der Waals surface area contributed by atoms with Crippen LogP contribution >= 0.6 is 0 Å². The lowest BCUT2D eigenvalue weighted by Crippen LogP contribution is -2.36. The van der Waals surface area contributed by atoms with E-state index in [-0.39, 0.29) is 12.2 Å². The van der Waals surface area contributed by atoms with Gasteiger partial charge < -0.3 is 20.4 Å². The number of aromatic nitrogens is 4. The Morgan fingerprint density at radius 2 is 1.97 bits per heavy atom. The molecular weight excluding hydrogens is 492 g/mol. The fraction of sp³-hybridized carbons (Fsp3) is 0.333. The number of halogens is 2. The van der Waals surface area contributed by atoms with Gasteiger partial charge in [-0.2, -0.15) is 0 Å². The number of amides is 1. The predicted octanol–water partition coefficient (Wildman–Crippen LogP) is 4.88. The van der Waals surface area contributed by atoms with Gasteiger partial charge in [0, 0.05) is 41.9 Å². The Labute approximate surface area is 218 Å². The Bertz CT molecular complexity index is 1400. The lowest BCUT2D eigenvalue weighted by molar-refractivity contribution is -0.112. The molecule has 1 amide bonds. The van der Waals surface area contributed by atoms with Crippen molar-refractivity contribution in [2.75, 3.05) is 43.5 Å². The average Bonchev–Trinajstić information content (AvgIpc) is 3.33. The highest BCUT2D eigenvalue weighted by atomic mass is 19.3. The molecule has 0 radical (unpaired) electrons. The molecule has 1 fully saturated rings. The van der Waals surface area contributed by atoms with Crippen LogP contribution in [0.25, 0.3) is 21.8 Å². The number of anilines is 3. The number of rotatable bonds is 10. The molecular formula is C27H29F2N7O2. The molecule has 9 nitrogen and oxygen atoms in total. The molecule has 4 aromatic rings. The number of aromatic amines is 1. The van der Waals surface area contributed by atoms with Gasteiger partial charge in [0.15, 0.2) is 0 Å². The summed E-state index contributed by atoms with van der Waals surface area (Å²) in [5, 5.41) is 7.45. The van der Waals surface area contributed by atoms with Crippen LogP contribution in [0, 0.1) is 0 Å². The maximum atomic E-state index is 14.3. The molecule has 11 heteroatoms. The maximum Gasteiger partial charge on any atom is 0.266 e. The minimum Gasteiger partial charge on any atom is -0.379 e. The highest BCUT2D eigenvalue weighted by molar-refractivity contribution is 6.01. The van der Waals surface area contributed by atoms with Gasteiger partial charge in [-0.1, -0.05) is 18.2 Å². The molecule has 1 aliphatic rings. The van der Waals surface area contributed by atoms with E-state index in [9.17, 15) is 13.6 Å². The van der Waals surface area contributed by atoms with E-state index in [0.29, 0.717) is 48.9 Å². The fourth-order valence-corrected chi connectivity index (χ4v) is 4.36. The zero-order chi connectivity index (χ0) is 26.4. The molecule has 0 saturated carbocycles. The number of hydrogen-bond acceptors (Lipinski definition) is 7. The van der Waals surface area contributed by atoms with Crippen LogP contribution in [0.4, 0.5) is 26.2 Å². The molecule has 3 aromatic heterocycles. The minimum atomic E-state index is -3.07. The van der Waals surface area contributed by atoms with Crippen molar-refractivity contribution in [3.8, 4) is 0 Å². The first kappa shape index (κ1) is 25.7. The van der Waals surface area contributed by atoms with Crippen molar-refractivity contribution < 1.29 is 18.3 Å². The van der Waals surface area contributed by atoms with E-state index in [4.69, 9.17) is 4.74 Å². The molecule has 0 atom stereocenters. The number of hydrogen-bond donors (Lipinski definition) is 3. The van der Waals surface area contributed by atoms with Gasteiger partial charge in [0.05, 0.1) is 24.9 Å². The van der Waals surface area contributed by atoms with Gasteiger partial charge >= 0.3 is 0 Å². The molecule has 38 heavy (non-hydrogen) atoms. The smallest absolute Gasteiger partial charge is 0.266 e. The number of nitrogens with zero attached hydrogens (tertiary/aromatic N) is 4. The van der Waals surface area contributed by atoms with Crippen molar-refractivity contribution in [2.45, 2.75) is 25.2 Å². The van der Waals surface area contributed by atoms with Crippen molar-refractivity contribution in [3.05, 3.63) is 61.1 Å². The lowest BCUT2D eigenvalue weighted by Gasteiger charge is -2.26. The number of allylic oxidation sites excluding steroid dienone is 1. The number of nitrogens with one attached hydrogen (secondary N) is 3. The second kappa shape index (κ2) is 11.6. The maximum absolute atomic E-state index is 14.3. The number of H-pyrrole nitrogens is 1. The second-order valence-electron chi connectivity index (χ2n) is 9.20. The van der Waals surface area contributed by atoms with E-state index in [1.807, 2.05) is 30.3 Å². The number of benzene rings is 1. The number of pyridine rings is 1. The molecule has 0 spiro atoms. The Morgan fingerprint density at radius 3 is 2.82 bits per heavy atom. The number of fused-ring (bicyclic) bond motifs is 2.